The molecule has 150 valence electrons. The Kier molecular flexibility index (Phi) is 6.26. The molecule has 0 aliphatic carbocycles. The van der Waals surface area contributed by atoms with E-state index >= 15 is 0 Å². The molecule has 2 aromatic rings. The third kappa shape index (κ3) is 4.31. The third-order valence-corrected chi connectivity index (χ3v) is 4.99. The summed E-state index contributed by atoms with van der Waals surface area (Å²) in [6.45, 7) is 1.80. The number of nitrogens with one attached hydrogen (secondary N) is 3. The average Bonchev–Trinajstić information content (AvgIpc) is 3.09. The van der Waals surface area contributed by atoms with Crippen molar-refractivity contribution >= 4 is 28.8 Å². The standard InChI is InChI=1S/C20H24ClFN4O2/c1-24-16-10-17(27-3)18(28-12-7-8-26(2)11-12)9-13(16)20(23)25-15-6-4-5-14(21)19(15)22/h4-6,9-10,12,24H,7-8,11H2,1-3H3,(H2,23,25). The summed E-state index contributed by atoms with van der Waals surface area (Å²) >= 11 is 5.84. The number of rotatable bonds is 6. The Balaban J connectivity index is 1.91. The number of anilines is 2. The zero-order valence-corrected chi connectivity index (χ0v) is 16.9. The van der Waals surface area contributed by atoms with Gasteiger partial charge in [0.15, 0.2) is 17.3 Å². The number of hydrogen-bond donors (Lipinski definition) is 3. The van der Waals surface area contributed by atoms with Crippen LogP contribution in [0.1, 0.15) is 12.0 Å². The highest BCUT2D eigenvalue weighted by atomic mass is 35.5. The maximum absolute atomic E-state index is 14.2. The number of nitrogens with zero attached hydrogens (tertiary/aromatic N) is 1. The predicted octanol–water partition coefficient (Wildman–Crippen LogP) is 4.05. The van der Waals surface area contributed by atoms with Crippen LogP contribution < -0.4 is 20.1 Å². The van der Waals surface area contributed by atoms with Gasteiger partial charge < -0.3 is 25.0 Å². The van der Waals surface area contributed by atoms with Gasteiger partial charge in [-0.05, 0) is 31.7 Å². The fraction of sp³-hybridized carbons (Fsp3) is 0.350. The maximum atomic E-state index is 14.2. The molecule has 28 heavy (non-hydrogen) atoms. The van der Waals surface area contributed by atoms with Gasteiger partial charge in [-0.1, -0.05) is 17.7 Å². The quantitative estimate of drug-likeness (QED) is 0.498. The summed E-state index contributed by atoms with van der Waals surface area (Å²) in [7, 11) is 5.38. The van der Waals surface area contributed by atoms with E-state index in [1.54, 1.807) is 32.4 Å². The number of benzene rings is 2. The van der Waals surface area contributed by atoms with Crippen LogP contribution in [0.5, 0.6) is 11.5 Å². The Morgan fingerprint density at radius 1 is 1.29 bits per heavy atom. The van der Waals surface area contributed by atoms with Gasteiger partial charge in [-0.3, -0.25) is 5.41 Å². The first-order chi connectivity index (χ1) is 13.4. The van der Waals surface area contributed by atoms with Gasteiger partial charge in [0, 0.05) is 37.5 Å². The minimum Gasteiger partial charge on any atom is -0.493 e. The first-order valence-electron chi connectivity index (χ1n) is 8.98. The molecular weight excluding hydrogens is 383 g/mol. The van der Waals surface area contributed by atoms with Crippen molar-refractivity contribution in [3.8, 4) is 11.5 Å². The summed E-state index contributed by atoms with van der Waals surface area (Å²) in [5, 5.41) is 14.3. The van der Waals surface area contributed by atoms with Crippen LogP contribution in [0, 0.1) is 11.2 Å². The summed E-state index contributed by atoms with van der Waals surface area (Å²) in [4.78, 5) is 2.20. The lowest BCUT2D eigenvalue weighted by atomic mass is 10.1. The van der Waals surface area contributed by atoms with Crippen molar-refractivity contribution < 1.29 is 13.9 Å². The second kappa shape index (κ2) is 8.67. The van der Waals surface area contributed by atoms with Gasteiger partial charge in [-0.15, -0.1) is 0 Å². The number of halogens is 2. The number of likely N-dealkylation sites (tertiary alicyclic amines) is 1. The van der Waals surface area contributed by atoms with E-state index in [0.717, 1.165) is 19.5 Å². The van der Waals surface area contributed by atoms with Crippen LogP contribution in [0.15, 0.2) is 30.3 Å². The van der Waals surface area contributed by atoms with E-state index in [1.165, 1.54) is 12.1 Å². The molecule has 0 radical (unpaired) electrons. The lowest BCUT2D eigenvalue weighted by Gasteiger charge is -2.20. The van der Waals surface area contributed by atoms with E-state index in [1.807, 2.05) is 0 Å². The van der Waals surface area contributed by atoms with E-state index in [9.17, 15) is 4.39 Å². The van der Waals surface area contributed by atoms with Crippen molar-refractivity contribution in [3.63, 3.8) is 0 Å². The summed E-state index contributed by atoms with van der Waals surface area (Å²) in [6, 6.07) is 8.13. The lowest BCUT2D eigenvalue weighted by molar-refractivity contribution is 0.199. The molecule has 0 spiro atoms. The van der Waals surface area contributed by atoms with Crippen LogP contribution in [-0.4, -0.2) is 51.1 Å². The second-order valence-corrected chi connectivity index (χ2v) is 7.10. The van der Waals surface area contributed by atoms with Crippen molar-refractivity contribution in [1.29, 1.82) is 5.41 Å². The van der Waals surface area contributed by atoms with Crippen LogP contribution >= 0.6 is 11.6 Å². The Labute approximate surface area is 169 Å². The first-order valence-corrected chi connectivity index (χ1v) is 9.35. The molecule has 0 amide bonds. The number of ether oxygens (including phenoxy) is 2. The Morgan fingerprint density at radius 3 is 2.71 bits per heavy atom. The lowest BCUT2D eigenvalue weighted by Crippen LogP contribution is -2.22. The van der Waals surface area contributed by atoms with E-state index in [2.05, 4.69) is 22.6 Å². The van der Waals surface area contributed by atoms with E-state index in [-0.39, 0.29) is 22.6 Å². The van der Waals surface area contributed by atoms with Gasteiger partial charge in [0.2, 0.25) is 0 Å². The Hall–Kier alpha value is -2.51. The highest BCUT2D eigenvalue weighted by Crippen LogP contribution is 2.35. The molecule has 3 N–H and O–H groups in total. The number of amidine groups is 1. The molecule has 0 bridgehead atoms. The molecule has 1 atom stereocenters. The monoisotopic (exact) mass is 406 g/mol. The van der Waals surface area contributed by atoms with Crippen LogP contribution in [0.4, 0.5) is 15.8 Å². The van der Waals surface area contributed by atoms with Crippen LogP contribution in [0.3, 0.4) is 0 Å². The largest absolute Gasteiger partial charge is 0.493 e. The van der Waals surface area contributed by atoms with Gasteiger partial charge in [0.1, 0.15) is 11.9 Å². The van der Waals surface area contributed by atoms with E-state index < -0.39 is 5.82 Å². The van der Waals surface area contributed by atoms with E-state index in [4.69, 9.17) is 26.5 Å². The number of likely N-dealkylation sites (N-methyl/N-ethyl adjacent to an activating group) is 1. The molecule has 0 saturated carbocycles. The SMILES string of the molecule is CNc1cc(OC)c(OC2CCN(C)C2)cc1C(=N)Nc1cccc(Cl)c1F. The highest BCUT2D eigenvalue weighted by molar-refractivity contribution is 6.31. The van der Waals surface area contributed by atoms with Crippen molar-refractivity contribution in [2.24, 2.45) is 0 Å². The highest BCUT2D eigenvalue weighted by Gasteiger charge is 2.24. The second-order valence-electron chi connectivity index (χ2n) is 6.69. The number of methoxy groups -OCH3 is 1. The van der Waals surface area contributed by atoms with Gasteiger partial charge >= 0.3 is 0 Å². The molecule has 3 rings (SSSR count). The molecule has 1 fully saturated rings. The molecule has 1 unspecified atom stereocenters. The molecule has 1 heterocycles. The molecule has 2 aromatic carbocycles. The third-order valence-electron chi connectivity index (χ3n) is 4.70. The van der Waals surface area contributed by atoms with Crippen molar-refractivity contribution in [1.82, 2.24) is 4.90 Å². The molecule has 8 heteroatoms. The molecule has 1 aliphatic heterocycles. The van der Waals surface area contributed by atoms with Crippen LogP contribution in [0.25, 0.3) is 0 Å². The van der Waals surface area contributed by atoms with Gasteiger partial charge in [0.05, 0.1) is 17.8 Å². The molecule has 1 saturated heterocycles. The smallest absolute Gasteiger partial charge is 0.165 e. The van der Waals surface area contributed by atoms with Gasteiger partial charge in [-0.2, -0.15) is 0 Å². The zero-order chi connectivity index (χ0) is 20.3. The summed E-state index contributed by atoms with van der Waals surface area (Å²) in [5.41, 5.74) is 1.33. The average molecular weight is 407 g/mol. The number of hydrogen-bond acceptors (Lipinski definition) is 5. The van der Waals surface area contributed by atoms with Crippen LogP contribution in [0.2, 0.25) is 5.02 Å². The molecular formula is C20H24ClFN4O2. The van der Waals surface area contributed by atoms with Crippen LogP contribution in [-0.2, 0) is 0 Å². The Morgan fingerprint density at radius 2 is 2.07 bits per heavy atom. The van der Waals surface area contributed by atoms with Crippen molar-refractivity contribution in [2.45, 2.75) is 12.5 Å². The summed E-state index contributed by atoms with van der Waals surface area (Å²) in [6.07, 6.45) is 0.978. The van der Waals surface area contributed by atoms with E-state index in [0.29, 0.717) is 22.7 Å². The molecule has 6 nitrogen and oxygen atoms in total. The Bertz CT molecular complexity index is 878. The maximum Gasteiger partial charge on any atom is 0.165 e. The minimum absolute atomic E-state index is 0.00394. The summed E-state index contributed by atoms with van der Waals surface area (Å²) < 4.78 is 25.8. The topological polar surface area (TPSA) is 69.6 Å². The van der Waals surface area contributed by atoms with Gasteiger partial charge in [0.25, 0.3) is 0 Å². The fourth-order valence-electron chi connectivity index (χ4n) is 3.20. The normalized spacial score (nSPS) is 16.7. The van der Waals surface area contributed by atoms with Crippen molar-refractivity contribution in [2.75, 3.05) is 44.9 Å². The zero-order valence-electron chi connectivity index (χ0n) is 16.1. The van der Waals surface area contributed by atoms with Gasteiger partial charge in [-0.25, -0.2) is 4.39 Å². The predicted molar refractivity (Wildman–Crippen MR) is 111 cm³/mol. The summed E-state index contributed by atoms with van der Waals surface area (Å²) in [5.74, 6) is 0.541. The molecule has 1 aliphatic rings. The molecule has 0 aromatic heterocycles. The first kappa shape index (κ1) is 20.2. The van der Waals surface area contributed by atoms with Crippen molar-refractivity contribution in [3.05, 3.63) is 46.7 Å². The minimum atomic E-state index is -0.598. The fourth-order valence-corrected chi connectivity index (χ4v) is 3.37.